The molecule has 0 saturated heterocycles. The molecule has 0 bridgehead atoms. The van der Waals surface area contributed by atoms with Gasteiger partial charge in [-0.25, -0.2) is 10.8 Å². The first kappa shape index (κ1) is 15.1. The van der Waals surface area contributed by atoms with E-state index in [9.17, 15) is 0 Å². The third-order valence-electron chi connectivity index (χ3n) is 2.46. The van der Waals surface area contributed by atoms with Gasteiger partial charge < -0.3 is 9.80 Å². The Morgan fingerprint density at radius 1 is 1.33 bits per heavy atom. The van der Waals surface area contributed by atoms with Crippen molar-refractivity contribution in [2.75, 3.05) is 44.1 Å². The molecule has 1 aromatic heterocycles. The molecule has 102 valence electrons. The maximum Gasteiger partial charge on any atom is 0.239 e. The van der Waals surface area contributed by atoms with E-state index in [1.54, 1.807) is 6.20 Å². The van der Waals surface area contributed by atoms with E-state index in [1.165, 1.54) is 0 Å². The molecule has 6 nitrogen and oxygen atoms in total. The number of nitrogen functional groups attached to an aromatic ring is 1. The molecule has 18 heavy (non-hydrogen) atoms. The molecule has 0 spiro atoms. The van der Waals surface area contributed by atoms with Crippen LogP contribution < -0.4 is 16.2 Å². The zero-order valence-corrected chi connectivity index (χ0v) is 12.7. The minimum Gasteiger partial charge on any atom is -0.354 e. The van der Waals surface area contributed by atoms with Gasteiger partial charge in [-0.1, -0.05) is 6.92 Å². The Bertz CT molecular complexity index is 371. The van der Waals surface area contributed by atoms with Crippen LogP contribution in [-0.2, 0) is 0 Å². The fourth-order valence-corrected chi connectivity index (χ4v) is 2.01. The second kappa shape index (κ2) is 7.50. The Balaban J connectivity index is 2.89. The molecule has 3 N–H and O–H groups in total. The van der Waals surface area contributed by atoms with Gasteiger partial charge in [-0.2, -0.15) is 4.98 Å². The number of hydrogen-bond acceptors (Lipinski definition) is 6. The summed E-state index contributed by atoms with van der Waals surface area (Å²) in [7, 11) is 4.12. The first-order valence-electron chi connectivity index (χ1n) is 5.97. The van der Waals surface area contributed by atoms with Gasteiger partial charge in [-0.05, 0) is 36.4 Å². The van der Waals surface area contributed by atoms with E-state index in [0.717, 1.165) is 36.3 Å². The van der Waals surface area contributed by atoms with Gasteiger partial charge in [0.15, 0.2) is 0 Å². The summed E-state index contributed by atoms with van der Waals surface area (Å²) in [6.07, 6.45) is 2.78. The number of hydrazine groups is 1. The van der Waals surface area contributed by atoms with Gasteiger partial charge in [0, 0.05) is 25.8 Å². The number of likely N-dealkylation sites (N-methyl/N-ethyl adjacent to an activating group) is 1. The van der Waals surface area contributed by atoms with E-state index < -0.39 is 0 Å². The second-order valence-corrected chi connectivity index (χ2v) is 5.15. The van der Waals surface area contributed by atoms with Crippen molar-refractivity contribution in [3.8, 4) is 0 Å². The summed E-state index contributed by atoms with van der Waals surface area (Å²) in [6, 6.07) is 0. The van der Waals surface area contributed by atoms with E-state index in [-0.39, 0.29) is 0 Å². The highest BCUT2D eigenvalue weighted by Gasteiger charge is 2.12. The van der Waals surface area contributed by atoms with Crippen molar-refractivity contribution in [3.63, 3.8) is 0 Å². The molecule has 0 saturated carbocycles. The zero-order valence-electron chi connectivity index (χ0n) is 11.1. The van der Waals surface area contributed by atoms with Crippen molar-refractivity contribution in [2.24, 2.45) is 5.84 Å². The molecule has 0 aliphatic rings. The molecule has 1 aromatic rings. The number of nitrogens with one attached hydrogen (secondary N) is 1. The molecule has 0 unspecified atom stereocenters. The lowest BCUT2D eigenvalue weighted by atomic mass is 10.3. The van der Waals surface area contributed by atoms with Crippen LogP contribution in [0.4, 0.5) is 11.8 Å². The highest BCUT2D eigenvalue weighted by molar-refractivity contribution is 9.10. The molecule has 0 aliphatic carbocycles. The van der Waals surface area contributed by atoms with Crippen LogP contribution in [0.2, 0.25) is 0 Å². The first-order chi connectivity index (χ1) is 8.58. The van der Waals surface area contributed by atoms with Crippen LogP contribution >= 0.6 is 15.9 Å². The van der Waals surface area contributed by atoms with Crippen LogP contribution in [0.3, 0.4) is 0 Å². The van der Waals surface area contributed by atoms with Crippen molar-refractivity contribution in [1.29, 1.82) is 0 Å². The molecule has 1 rings (SSSR count). The molecule has 0 amide bonds. The smallest absolute Gasteiger partial charge is 0.239 e. The summed E-state index contributed by atoms with van der Waals surface area (Å²) < 4.78 is 0.883. The molecule has 0 fully saturated rings. The fourth-order valence-electron chi connectivity index (χ4n) is 1.56. The summed E-state index contributed by atoms with van der Waals surface area (Å²) in [5, 5.41) is 0. The summed E-state index contributed by atoms with van der Waals surface area (Å²) in [6.45, 7) is 5.00. The Labute approximate surface area is 117 Å². The second-order valence-electron chi connectivity index (χ2n) is 4.30. The quantitative estimate of drug-likeness (QED) is 0.584. The molecule has 1 heterocycles. The van der Waals surface area contributed by atoms with E-state index in [2.05, 4.69) is 62.1 Å². The van der Waals surface area contributed by atoms with Crippen LogP contribution in [0.5, 0.6) is 0 Å². The maximum atomic E-state index is 5.35. The SMILES string of the molecule is CCCN(CCN(C)C)c1nc(NN)ncc1Br. The Morgan fingerprint density at radius 3 is 2.61 bits per heavy atom. The van der Waals surface area contributed by atoms with Crippen LogP contribution in [0.25, 0.3) is 0 Å². The molecule has 0 radical (unpaired) electrons. The van der Waals surface area contributed by atoms with E-state index in [1.807, 2.05) is 0 Å². The minimum absolute atomic E-state index is 0.430. The summed E-state index contributed by atoms with van der Waals surface area (Å²) >= 11 is 3.49. The zero-order chi connectivity index (χ0) is 13.5. The standard InChI is InChI=1S/C11H21BrN6/c1-4-5-18(7-6-17(2)3)10-9(12)8-14-11(15-10)16-13/h8H,4-7,13H2,1-3H3,(H,14,15,16). The van der Waals surface area contributed by atoms with Crippen LogP contribution in [0, 0.1) is 0 Å². The third kappa shape index (κ3) is 4.40. The molecule has 0 aromatic carbocycles. The first-order valence-corrected chi connectivity index (χ1v) is 6.76. The van der Waals surface area contributed by atoms with Crippen LogP contribution in [0.1, 0.15) is 13.3 Å². The van der Waals surface area contributed by atoms with Crippen molar-refractivity contribution in [1.82, 2.24) is 14.9 Å². The lowest BCUT2D eigenvalue weighted by molar-refractivity contribution is 0.412. The Morgan fingerprint density at radius 2 is 2.06 bits per heavy atom. The van der Waals surface area contributed by atoms with Crippen molar-refractivity contribution in [3.05, 3.63) is 10.7 Å². The Kier molecular flexibility index (Phi) is 6.31. The Hall–Kier alpha value is -0.920. The van der Waals surface area contributed by atoms with Crippen LogP contribution in [0.15, 0.2) is 10.7 Å². The highest BCUT2D eigenvalue weighted by atomic mass is 79.9. The van der Waals surface area contributed by atoms with E-state index in [4.69, 9.17) is 5.84 Å². The average molecular weight is 317 g/mol. The van der Waals surface area contributed by atoms with Gasteiger partial charge in [-0.3, -0.25) is 5.43 Å². The number of anilines is 2. The maximum absolute atomic E-state index is 5.35. The van der Waals surface area contributed by atoms with Crippen molar-refractivity contribution in [2.45, 2.75) is 13.3 Å². The van der Waals surface area contributed by atoms with Gasteiger partial charge in [-0.15, -0.1) is 0 Å². The van der Waals surface area contributed by atoms with E-state index in [0.29, 0.717) is 5.95 Å². The minimum atomic E-state index is 0.430. The topological polar surface area (TPSA) is 70.3 Å². The molecule has 0 atom stereocenters. The number of aromatic nitrogens is 2. The summed E-state index contributed by atoms with van der Waals surface area (Å²) in [5.41, 5.74) is 2.48. The molecule has 0 aliphatic heterocycles. The summed E-state index contributed by atoms with van der Waals surface area (Å²) in [5.74, 6) is 6.65. The largest absolute Gasteiger partial charge is 0.354 e. The molecular weight excluding hydrogens is 296 g/mol. The lowest BCUT2D eigenvalue weighted by Crippen LogP contribution is -2.33. The van der Waals surface area contributed by atoms with Gasteiger partial charge >= 0.3 is 0 Å². The monoisotopic (exact) mass is 316 g/mol. The average Bonchev–Trinajstić information content (AvgIpc) is 2.35. The normalized spacial score (nSPS) is 10.8. The molecular formula is C11H21BrN6. The molecule has 7 heteroatoms. The predicted octanol–water partition coefficient (Wildman–Crippen LogP) is 1.30. The number of nitrogens with two attached hydrogens (primary N) is 1. The third-order valence-corrected chi connectivity index (χ3v) is 3.02. The lowest BCUT2D eigenvalue weighted by Gasteiger charge is -2.25. The van der Waals surface area contributed by atoms with Gasteiger partial charge in [0.2, 0.25) is 5.95 Å². The predicted molar refractivity (Wildman–Crippen MR) is 78.6 cm³/mol. The number of nitrogens with zero attached hydrogens (tertiary/aromatic N) is 4. The fraction of sp³-hybridized carbons (Fsp3) is 0.636. The van der Waals surface area contributed by atoms with Gasteiger partial charge in [0.05, 0.1) is 4.47 Å². The summed E-state index contributed by atoms with van der Waals surface area (Å²) in [4.78, 5) is 12.8. The van der Waals surface area contributed by atoms with E-state index >= 15 is 0 Å². The van der Waals surface area contributed by atoms with Crippen molar-refractivity contribution >= 4 is 27.7 Å². The van der Waals surface area contributed by atoms with Crippen LogP contribution in [-0.4, -0.2) is 48.6 Å². The number of rotatable bonds is 7. The number of hydrogen-bond donors (Lipinski definition) is 2. The van der Waals surface area contributed by atoms with Gasteiger partial charge in [0.1, 0.15) is 5.82 Å². The van der Waals surface area contributed by atoms with Crippen molar-refractivity contribution < 1.29 is 0 Å². The van der Waals surface area contributed by atoms with Gasteiger partial charge in [0.25, 0.3) is 0 Å². The highest BCUT2D eigenvalue weighted by Crippen LogP contribution is 2.24. The number of halogens is 1.